The summed E-state index contributed by atoms with van der Waals surface area (Å²) >= 11 is 0. The van der Waals surface area contributed by atoms with E-state index in [9.17, 15) is 9.59 Å². The molecule has 2 heterocycles. The predicted octanol–water partition coefficient (Wildman–Crippen LogP) is 5.20. The largest absolute Gasteiger partial charge is 0.308 e. The molecule has 162 valence electrons. The number of carbonyl (C=O) groups is 1. The van der Waals surface area contributed by atoms with Crippen molar-refractivity contribution in [1.82, 2.24) is 9.55 Å². The first-order valence-electron chi connectivity index (χ1n) is 11.0. The zero-order valence-electron chi connectivity index (χ0n) is 18.5. The second-order valence-electron chi connectivity index (χ2n) is 8.00. The normalized spacial score (nSPS) is 10.9. The number of carbonyl (C=O) groups excluding carboxylic acids is 1. The molecule has 0 radical (unpaired) electrons. The molecule has 0 saturated heterocycles. The lowest BCUT2D eigenvalue weighted by molar-refractivity contribution is 0.0985. The number of nitrogens with zero attached hydrogens (tertiary/aromatic N) is 3. The van der Waals surface area contributed by atoms with Gasteiger partial charge in [0.15, 0.2) is 0 Å². The Bertz CT molecular complexity index is 1280. The fourth-order valence-electron chi connectivity index (χ4n) is 3.80. The summed E-state index contributed by atoms with van der Waals surface area (Å²) in [4.78, 5) is 33.4. The summed E-state index contributed by atoms with van der Waals surface area (Å²) in [7, 11) is 0. The van der Waals surface area contributed by atoms with E-state index in [1.165, 1.54) is 0 Å². The molecule has 0 aliphatic carbocycles. The molecule has 2 aromatic carbocycles. The van der Waals surface area contributed by atoms with Crippen LogP contribution >= 0.6 is 0 Å². The summed E-state index contributed by atoms with van der Waals surface area (Å²) in [6.07, 6.45) is 3.48. The van der Waals surface area contributed by atoms with Gasteiger partial charge < -0.3 is 4.90 Å². The van der Waals surface area contributed by atoms with E-state index >= 15 is 0 Å². The van der Waals surface area contributed by atoms with Gasteiger partial charge in [0.2, 0.25) is 0 Å². The molecule has 4 rings (SSSR count). The number of unbranched alkanes of at least 4 members (excludes halogenated alkanes) is 1. The SMILES string of the molecule is CCCCN(C(=O)c1cc2cccnc2n(Cc2ccc(C)cc2)c1=O)c1ccccc1. The Labute approximate surface area is 188 Å². The molecule has 0 saturated carbocycles. The molecule has 0 fully saturated rings. The highest BCUT2D eigenvalue weighted by atomic mass is 16.2. The molecule has 0 bridgehead atoms. The van der Waals surface area contributed by atoms with E-state index < -0.39 is 0 Å². The van der Waals surface area contributed by atoms with Crippen LogP contribution in [0.5, 0.6) is 0 Å². The van der Waals surface area contributed by atoms with Crippen molar-refractivity contribution in [3.63, 3.8) is 0 Å². The van der Waals surface area contributed by atoms with Crippen LogP contribution in [-0.4, -0.2) is 22.0 Å². The third kappa shape index (κ3) is 4.47. The maximum atomic E-state index is 13.7. The monoisotopic (exact) mass is 425 g/mol. The first kappa shape index (κ1) is 21.5. The average molecular weight is 426 g/mol. The number of fused-ring (bicyclic) bond motifs is 1. The number of aryl methyl sites for hydroxylation is 1. The number of hydrogen-bond acceptors (Lipinski definition) is 3. The van der Waals surface area contributed by atoms with E-state index in [0.717, 1.165) is 35.0 Å². The maximum absolute atomic E-state index is 13.7. The van der Waals surface area contributed by atoms with Crippen LogP contribution in [0.3, 0.4) is 0 Å². The summed E-state index contributed by atoms with van der Waals surface area (Å²) in [6, 6.07) is 23.0. The highest BCUT2D eigenvalue weighted by Crippen LogP contribution is 2.19. The van der Waals surface area contributed by atoms with Gasteiger partial charge in [-0.3, -0.25) is 14.2 Å². The lowest BCUT2D eigenvalue weighted by atomic mass is 10.1. The number of aromatic nitrogens is 2. The fourth-order valence-corrected chi connectivity index (χ4v) is 3.80. The number of amides is 1. The smallest absolute Gasteiger partial charge is 0.265 e. The van der Waals surface area contributed by atoms with Crippen LogP contribution in [0.4, 0.5) is 5.69 Å². The minimum Gasteiger partial charge on any atom is -0.308 e. The minimum absolute atomic E-state index is 0.164. The first-order valence-corrected chi connectivity index (χ1v) is 11.0. The van der Waals surface area contributed by atoms with Crippen molar-refractivity contribution in [3.8, 4) is 0 Å². The van der Waals surface area contributed by atoms with Gasteiger partial charge in [-0.25, -0.2) is 4.98 Å². The third-order valence-electron chi connectivity index (χ3n) is 5.59. The van der Waals surface area contributed by atoms with Crippen molar-refractivity contribution < 1.29 is 4.79 Å². The highest BCUT2D eigenvalue weighted by molar-refractivity contribution is 6.07. The number of pyridine rings is 2. The maximum Gasteiger partial charge on any atom is 0.265 e. The molecule has 0 aliphatic heterocycles. The zero-order valence-corrected chi connectivity index (χ0v) is 18.5. The Balaban J connectivity index is 1.83. The molecule has 5 heteroatoms. The van der Waals surface area contributed by atoms with Gasteiger partial charge in [-0.05, 0) is 49.2 Å². The number of anilines is 1. The molecule has 32 heavy (non-hydrogen) atoms. The molecule has 1 amide bonds. The Hall–Kier alpha value is -3.73. The quantitative estimate of drug-likeness (QED) is 0.409. The van der Waals surface area contributed by atoms with E-state index in [1.54, 1.807) is 21.7 Å². The summed E-state index contributed by atoms with van der Waals surface area (Å²) < 4.78 is 1.61. The Kier molecular flexibility index (Phi) is 6.45. The summed E-state index contributed by atoms with van der Waals surface area (Å²) in [6.45, 7) is 5.03. The van der Waals surface area contributed by atoms with E-state index in [0.29, 0.717) is 18.7 Å². The number of para-hydroxylation sites is 1. The lowest BCUT2D eigenvalue weighted by Gasteiger charge is -2.23. The standard InChI is InChI=1S/C27H27N3O2/c1-3-4-17-29(23-10-6-5-7-11-23)26(31)24-18-22-9-8-16-28-25(22)30(27(24)32)19-21-14-12-20(2)13-15-21/h5-16,18H,3-4,17,19H2,1-2H3. The number of hydrogen-bond donors (Lipinski definition) is 0. The van der Waals surface area contributed by atoms with Crippen LogP contribution in [0.1, 0.15) is 41.3 Å². The van der Waals surface area contributed by atoms with Crippen LogP contribution in [0.25, 0.3) is 11.0 Å². The van der Waals surface area contributed by atoms with Crippen molar-refractivity contribution in [1.29, 1.82) is 0 Å². The summed E-state index contributed by atoms with van der Waals surface area (Å²) in [5.74, 6) is -0.280. The molecular formula is C27H27N3O2. The van der Waals surface area contributed by atoms with E-state index in [-0.39, 0.29) is 17.0 Å². The van der Waals surface area contributed by atoms with Gasteiger partial charge in [0, 0.05) is 23.8 Å². The van der Waals surface area contributed by atoms with Crippen LogP contribution in [0.15, 0.2) is 83.8 Å². The highest BCUT2D eigenvalue weighted by Gasteiger charge is 2.23. The third-order valence-corrected chi connectivity index (χ3v) is 5.59. The van der Waals surface area contributed by atoms with Crippen LogP contribution < -0.4 is 10.5 Å². The first-order chi connectivity index (χ1) is 15.6. The van der Waals surface area contributed by atoms with E-state index in [1.807, 2.05) is 73.7 Å². The summed E-state index contributed by atoms with van der Waals surface area (Å²) in [5, 5.41) is 0.770. The van der Waals surface area contributed by atoms with E-state index in [2.05, 4.69) is 11.9 Å². The molecule has 5 nitrogen and oxygen atoms in total. The molecule has 2 aromatic heterocycles. The van der Waals surface area contributed by atoms with Gasteiger partial charge >= 0.3 is 0 Å². The molecule has 0 atom stereocenters. The number of rotatable bonds is 7. The molecule has 0 spiro atoms. The Morgan fingerprint density at radius 1 is 1.00 bits per heavy atom. The topological polar surface area (TPSA) is 55.2 Å². The van der Waals surface area contributed by atoms with Crippen molar-refractivity contribution in [2.75, 3.05) is 11.4 Å². The van der Waals surface area contributed by atoms with Gasteiger partial charge in [-0.15, -0.1) is 0 Å². The van der Waals surface area contributed by atoms with Crippen LogP contribution in [0, 0.1) is 6.92 Å². The van der Waals surface area contributed by atoms with Crippen molar-refractivity contribution in [2.45, 2.75) is 33.2 Å². The van der Waals surface area contributed by atoms with Gasteiger partial charge in [0.1, 0.15) is 11.2 Å². The molecule has 0 unspecified atom stereocenters. The van der Waals surface area contributed by atoms with Gasteiger partial charge in [0.25, 0.3) is 11.5 Å². The summed E-state index contributed by atoms with van der Waals surface area (Å²) in [5.41, 5.74) is 3.36. The molecule has 0 aliphatic rings. The predicted molar refractivity (Wildman–Crippen MR) is 129 cm³/mol. The Morgan fingerprint density at radius 3 is 2.47 bits per heavy atom. The van der Waals surface area contributed by atoms with Crippen molar-refractivity contribution in [2.24, 2.45) is 0 Å². The number of benzene rings is 2. The molecule has 0 N–H and O–H groups in total. The van der Waals surface area contributed by atoms with Crippen molar-refractivity contribution in [3.05, 3.63) is 106 Å². The second-order valence-corrected chi connectivity index (χ2v) is 8.00. The second kappa shape index (κ2) is 9.60. The minimum atomic E-state index is -0.320. The van der Waals surface area contributed by atoms with Crippen molar-refractivity contribution >= 4 is 22.6 Å². The zero-order chi connectivity index (χ0) is 22.5. The average Bonchev–Trinajstić information content (AvgIpc) is 2.82. The fraction of sp³-hybridized carbons (Fsp3) is 0.222. The molecular weight excluding hydrogens is 398 g/mol. The van der Waals surface area contributed by atoms with E-state index in [4.69, 9.17) is 0 Å². The lowest BCUT2D eigenvalue weighted by Crippen LogP contribution is -2.37. The van der Waals surface area contributed by atoms with Gasteiger partial charge in [-0.2, -0.15) is 0 Å². The van der Waals surface area contributed by atoms with Crippen LogP contribution in [-0.2, 0) is 6.54 Å². The van der Waals surface area contributed by atoms with Crippen LogP contribution in [0.2, 0.25) is 0 Å². The Morgan fingerprint density at radius 2 is 1.75 bits per heavy atom. The van der Waals surface area contributed by atoms with Gasteiger partial charge in [0.05, 0.1) is 6.54 Å². The van der Waals surface area contributed by atoms with Gasteiger partial charge in [-0.1, -0.05) is 61.4 Å². The molecule has 4 aromatic rings.